The number of carbonyl (C=O) groups is 2. The summed E-state index contributed by atoms with van der Waals surface area (Å²) in [6, 6.07) is 4.55. The highest BCUT2D eigenvalue weighted by Gasteiger charge is 2.37. The summed E-state index contributed by atoms with van der Waals surface area (Å²) in [6.45, 7) is 1.74. The third-order valence-corrected chi connectivity index (χ3v) is 4.40. The molecule has 0 unspecified atom stereocenters. The fourth-order valence-corrected chi connectivity index (χ4v) is 3.17. The summed E-state index contributed by atoms with van der Waals surface area (Å²) in [7, 11) is 0. The first-order valence-electron chi connectivity index (χ1n) is 7.68. The average molecular weight is 331 g/mol. The number of fused-ring (bicyclic) bond motifs is 1. The first-order valence-corrected chi connectivity index (χ1v) is 7.68. The second kappa shape index (κ2) is 5.95. The maximum Gasteiger partial charge on any atom is 0.329 e. The van der Waals surface area contributed by atoms with Crippen molar-refractivity contribution in [3.05, 3.63) is 45.1 Å². The number of benzene rings is 1. The van der Waals surface area contributed by atoms with Gasteiger partial charge in [-0.25, -0.2) is 14.2 Å². The molecule has 0 saturated carbocycles. The zero-order valence-electron chi connectivity index (χ0n) is 13.1. The van der Waals surface area contributed by atoms with Crippen LogP contribution in [0.5, 0.6) is 0 Å². The summed E-state index contributed by atoms with van der Waals surface area (Å²) in [5, 5.41) is 9.50. The van der Waals surface area contributed by atoms with Gasteiger partial charge in [-0.3, -0.25) is 9.59 Å². The maximum atomic E-state index is 12.7. The molecule has 3 rings (SSSR count). The van der Waals surface area contributed by atoms with Crippen LogP contribution in [0.4, 0.5) is 0 Å². The Kier molecular flexibility index (Phi) is 3.96. The number of aromatic amines is 1. The molecule has 1 saturated heterocycles. The number of para-hydroxylation sites is 1. The van der Waals surface area contributed by atoms with E-state index in [1.807, 2.05) is 0 Å². The fourth-order valence-electron chi connectivity index (χ4n) is 3.17. The van der Waals surface area contributed by atoms with Crippen LogP contribution in [0.3, 0.4) is 0 Å². The first-order chi connectivity index (χ1) is 11.4. The number of aliphatic carboxylic acids is 1. The summed E-state index contributed by atoms with van der Waals surface area (Å²) in [6.07, 6.45) is 0.954. The largest absolute Gasteiger partial charge is 0.480 e. The van der Waals surface area contributed by atoms with Gasteiger partial charge in [0.15, 0.2) is 0 Å². The highest BCUT2D eigenvalue weighted by atomic mass is 16.4. The lowest BCUT2D eigenvalue weighted by atomic mass is 10.2. The molecular weight excluding hydrogens is 314 g/mol. The Balaban J connectivity index is 2.04. The summed E-state index contributed by atoms with van der Waals surface area (Å²) < 4.78 is 0.849. The Morgan fingerprint density at radius 3 is 2.71 bits per heavy atom. The van der Waals surface area contributed by atoms with Crippen molar-refractivity contribution in [1.82, 2.24) is 14.5 Å². The van der Waals surface area contributed by atoms with E-state index < -0.39 is 35.2 Å². The van der Waals surface area contributed by atoms with E-state index in [2.05, 4.69) is 4.98 Å². The molecule has 126 valence electrons. The van der Waals surface area contributed by atoms with Crippen LogP contribution in [0.2, 0.25) is 0 Å². The molecule has 24 heavy (non-hydrogen) atoms. The number of H-pyrrole nitrogens is 1. The molecule has 2 heterocycles. The van der Waals surface area contributed by atoms with Gasteiger partial charge >= 0.3 is 11.7 Å². The zero-order chi connectivity index (χ0) is 17.4. The number of likely N-dealkylation sites (tertiary alicyclic amines) is 1. The fraction of sp³-hybridized carbons (Fsp3) is 0.375. The number of hydrogen-bond donors (Lipinski definition) is 2. The number of rotatable bonds is 3. The number of carboxylic acids is 1. The highest BCUT2D eigenvalue weighted by molar-refractivity contribution is 5.86. The molecule has 2 atom stereocenters. The Bertz CT molecular complexity index is 929. The van der Waals surface area contributed by atoms with Gasteiger partial charge < -0.3 is 15.0 Å². The molecular formula is C16H17N3O5. The minimum absolute atomic E-state index is 0.299. The third-order valence-electron chi connectivity index (χ3n) is 4.40. The second-order valence-electron chi connectivity index (χ2n) is 5.85. The lowest BCUT2D eigenvalue weighted by Crippen LogP contribution is -2.48. The summed E-state index contributed by atoms with van der Waals surface area (Å²) >= 11 is 0. The predicted octanol–water partition coefficient (Wildman–Crippen LogP) is 0.326. The van der Waals surface area contributed by atoms with Crippen LogP contribution in [0, 0.1) is 0 Å². The van der Waals surface area contributed by atoms with Gasteiger partial charge in [0.2, 0.25) is 5.91 Å². The summed E-state index contributed by atoms with van der Waals surface area (Å²) in [5.41, 5.74) is -0.861. The molecule has 1 aliphatic rings. The molecule has 2 aromatic rings. The van der Waals surface area contributed by atoms with Crippen LogP contribution in [0.15, 0.2) is 33.9 Å². The number of nitrogens with one attached hydrogen (secondary N) is 1. The van der Waals surface area contributed by atoms with Gasteiger partial charge in [0.25, 0.3) is 5.56 Å². The summed E-state index contributed by atoms with van der Waals surface area (Å²) in [4.78, 5) is 52.5. The Morgan fingerprint density at radius 2 is 2.00 bits per heavy atom. The lowest BCUT2D eigenvalue weighted by molar-refractivity contribution is -0.149. The van der Waals surface area contributed by atoms with E-state index in [4.69, 9.17) is 0 Å². The molecule has 1 aliphatic heterocycles. The lowest BCUT2D eigenvalue weighted by Gasteiger charge is -2.25. The van der Waals surface area contributed by atoms with Crippen LogP contribution in [0.25, 0.3) is 10.9 Å². The predicted molar refractivity (Wildman–Crippen MR) is 85.9 cm³/mol. The van der Waals surface area contributed by atoms with Crippen molar-refractivity contribution >= 4 is 22.8 Å². The molecule has 2 N–H and O–H groups in total. The van der Waals surface area contributed by atoms with Gasteiger partial charge in [-0.1, -0.05) is 12.1 Å². The van der Waals surface area contributed by atoms with Crippen LogP contribution in [0.1, 0.15) is 25.8 Å². The quantitative estimate of drug-likeness (QED) is 0.841. The monoisotopic (exact) mass is 331 g/mol. The number of carbonyl (C=O) groups excluding carboxylic acids is 1. The minimum atomic E-state index is -1.08. The van der Waals surface area contributed by atoms with Crippen molar-refractivity contribution in [2.75, 3.05) is 6.54 Å². The third kappa shape index (κ3) is 2.49. The number of amides is 1. The van der Waals surface area contributed by atoms with E-state index in [0.717, 1.165) is 4.57 Å². The van der Waals surface area contributed by atoms with Gasteiger partial charge in [-0.05, 0) is 31.9 Å². The van der Waals surface area contributed by atoms with Gasteiger partial charge in [0.1, 0.15) is 12.1 Å². The highest BCUT2D eigenvalue weighted by Crippen LogP contribution is 2.21. The molecule has 1 aromatic heterocycles. The molecule has 8 nitrogen and oxygen atoms in total. The number of carboxylic acid groups (broad SMARTS) is 1. The molecule has 1 aromatic carbocycles. The van der Waals surface area contributed by atoms with E-state index in [0.29, 0.717) is 30.3 Å². The molecule has 1 amide bonds. The van der Waals surface area contributed by atoms with Crippen molar-refractivity contribution in [2.24, 2.45) is 0 Å². The van der Waals surface area contributed by atoms with Gasteiger partial charge in [-0.2, -0.15) is 0 Å². The van der Waals surface area contributed by atoms with Gasteiger partial charge in [-0.15, -0.1) is 0 Å². The van der Waals surface area contributed by atoms with Crippen molar-refractivity contribution in [1.29, 1.82) is 0 Å². The van der Waals surface area contributed by atoms with Gasteiger partial charge in [0.05, 0.1) is 10.9 Å². The summed E-state index contributed by atoms with van der Waals surface area (Å²) in [5.74, 6) is -1.62. The molecule has 0 spiro atoms. The molecule has 0 aliphatic carbocycles. The Labute approximate surface area is 136 Å². The topological polar surface area (TPSA) is 112 Å². The number of hydrogen-bond acceptors (Lipinski definition) is 4. The second-order valence-corrected chi connectivity index (χ2v) is 5.85. The smallest absolute Gasteiger partial charge is 0.329 e. The maximum absolute atomic E-state index is 12.7. The normalized spacial score (nSPS) is 18.7. The zero-order valence-corrected chi connectivity index (χ0v) is 13.1. The molecule has 8 heteroatoms. The van der Waals surface area contributed by atoms with Crippen molar-refractivity contribution < 1.29 is 14.7 Å². The average Bonchev–Trinajstić information content (AvgIpc) is 3.03. The minimum Gasteiger partial charge on any atom is -0.480 e. The van der Waals surface area contributed by atoms with E-state index in [1.54, 1.807) is 24.3 Å². The van der Waals surface area contributed by atoms with E-state index in [1.165, 1.54) is 11.8 Å². The van der Waals surface area contributed by atoms with Crippen LogP contribution < -0.4 is 11.2 Å². The van der Waals surface area contributed by atoms with Crippen LogP contribution in [-0.2, 0) is 9.59 Å². The number of nitrogens with zero attached hydrogens (tertiary/aromatic N) is 2. The van der Waals surface area contributed by atoms with Crippen LogP contribution >= 0.6 is 0 Å². The van der Waals surface area contributed by atoms with Crippen molar-refractivity contribution in [3.63, 3.8) is 0 Å². The van der Waals surface area contributed by atoms with E-state index >= 15 is 0 Å². The molecule has 0 bridgehead atoms. The van der Waals surface area contributed by atoms with E-state index in [9.17, 15) is 24.3 Å². The van der Waals surface area contributed by atoms with E-state index in [-0.39, 0.29) is 0 Å². The molecule has 0 radical (unpaired) electrons. The first kappa shape index (κ1) is 16.0. The Morgan fingerprint density at radius 1 is 1.29 bits per heavy atom. The standard InChI is InChI=1S/C16H17N3O5/c1-9(13(20)18-8-4-7-12(18)15(22)23)19-14(21)10-5-2-3-6-11(10)17-16(19)24/h2-3,5-6,9,12H,4,7-8H2,1H3,(H,17,24)(H,22,23)/t9-,12+/m1/s1. The number of aromatic nitrogens is 2. The van der Waals surface area contributed by atoms with Gasteiger partial charge in [0, 0.05) is 6.54 Å². The SMILES string of the molecule is C[C@H](C(=O)N1CCC[C@H]1C(=O)O)n1c(=O)[nH]c2ccccc2c1=O. The van der Waals surface area contributed by atoms with Crippen molar-refractivity contribution in [2.45, 2.75) is 31.8 Å². The molecule has 1 fully saturated rings. The van der Waals surface area contributed by atoms with Crippen molar-refractivity contribution in [3.8, 4) is 0 Å². The Hall–Kier alpha value is -2.90. The van der Waals surface area contributed by atoms with Crippen LogP contribution in [-0.4, -0.2) is 44.0 Å².